The van der Waals surface area contributed by atoms with Crippen molar-refractivity contribution in [1.29, 1.82) is 0 Å². The number of ketones is 1. The van der Waals surface area contributed by atoms with Crippen LogP contribution in [0.15, 0.2) is 60.7 Å². The average molecular weight is 235 g/mol. The summed E-state index contributed by atoms with van der Waals surface area (Å²) in [5.41, 5.74) is 2.22. The Kier molecular flexibility index (Phi) is 4.30. The fourth-order valence-electron chi connectivity index (χ4n) is 1.80. The van der Waals surface area contributed by atoms with Gasteiger partial charge in [0.25, 0.3) is 0 Å². The third-order valence-electron chi connectivity index (χ3n) is 2.65. The van der Waals surface area contributed by atoms with E-state index in [0.29, 0.717) is 0 Å². The predicted molar refractivity (Wildman–Crippen MR) is 73.6 cm³/mol. The summed E-state index contributed by atoms with van der Waals surface area (Å²) in [6, 6.07) is 20.2. The summed E-state index contributed by atoms with van der Waals surface area (Å²) in [7, 11) is 0. The van der Waals surface area contributed by atoms with Crippen molar-refractivity contribution in [2.24, 2.45) is 0 Å². The minimum atomic E-state index is 0.0550. The molecule has 3 radical (unpaired) electrons. The Morgan fingerprint density at radius 1 is 0.778 bits per heavy atom. The summed E-state index contributed by atoms with van der Waals surface area (Å²) in [6.07, 6.45) is 3.49. The third kappa shape index (κ3) is 3.30. The number of Topliss-reactive ketones (excluding diaryl/α,β-unsaturated/α-hetero) is 1. The molecule has 2 rings (SSSR count). The quantitative estimate of drug-likeness (QED) is 0.773. The third-order valence-corrected chi connectivity index (χ3v) is 2.65. The monoisotopic (exact) mass is 235 g/mol. The van der Waals surface area contributed by atoms with E-state index in [2.05, 4.69) is 0 Å². The van der Waals surface area contributed by atoms with E-state index in [-0.39, 0.29) is 5.78 Å². The SMILES string of the molecule is CC(=O)[CH][CH][C](c1ccccc1)c1ccccc1. The normalized spacial score (nSPS) is 10.6. The second-order valence-electron chi connectivity index (χ2n) is 4.09. The van der Waals surface area contributed by atoms with Crippen molar-refractivity contribution in [3.05, 3.63) is 90.6 Å². The molecule has 0 fully saturated rings. The maximum Gasteiger partial charge on any atom is 0.133 e. The fraction of sp³-hybridized carbons (Fsp3) is 0.0588. The fourth-order valence-corrected chi connectivity index (χ4v) is 1.80. The van der Waals surface area contributed by atoms with Gasteiger partial charge in [0.1, 0.15) is 5.78 Å². The number of rotatable bonds is 5. The molecule has 2 aromatic carbocycles. The molecular formula is C17H15O. The molecule has 0 bridgehead atoms. The lowest BCUT2D eigenvalue weighted by atomic mass is 9.87. The molecular weight excluding hydrogens is 220 g/mol. The molecule has 0 aliphatic heterocycles. The second kappa shape index (κ2) is 6.15. The Bertz CT molecular complexity index is 448. The lowest BCUT2D eigenvalue weighted by molar-refractivity contribution is -0.113. The van der Waals surface area contributed by atoms with E-state index >= 15 is 0 Å². The molecule has 0 aromatic heterocycles. The number of carbonyl (C=O) groups is 1. The highest BCUT2D eigenvalue weighted by Crippen LogP contribution is 2.26. The smallest absolute Gasteiger partial charge is 0.133 e. The van der Waals surface area contributed by atoms with E-state index in [1.165, 1.54) is 0 Å². The molecule has 2 aromatic rings. The zero-order valence-corrected chi connectivity index (χ0v) is 10.3. The van der Waals surface area contributed by atoms with Gasteiger partial charge in [0.05, 0.1) is 0 Å². The molecule has 0 N–H and O–H groups in total. The summed E-state index contributed by atoms with van der Waals surface area (Å²) in [6.45, 7) is 1.56. The molecule has 0 atom stereocenters. The van der Waals surface area contributed by atoms with Crippen LogP contribution in [-0.2, 0) is 4.79 Å². The zero-order chi connectivity index (χ0) is 12.8. The summed E-state index contributed by atoms with van der Waals surface area (Å²) in [5.74, 6) is 1.12. The average Bonchev–Trinajstić information content (AvgIpc) is 2.41. The van der Waals surface area contributed by atoms with Crippen LogP contribution < -0.4 is 0 Å². The molecule has 0 saturated carbocycles. The summed E-state index contributed by atoms with van der Waals surface area (Å²) < 4.78 is 0. The van der Waals surface area contributed by atoms with Crippen LogP contribution in [-0.4, -0.2) is 5.78 Å². The summed E-state index contributed by atoms with van der Waals surface area (Å²) in [5, 5.41) is 0. The van der Waals surface area contributed by atoms with Gasteiger partial charge in [-0.15, -0.1) is 0 Å². The zero-order valence-electron chi connectivity index (χ0n) is 10.3. The maximum absolute atomic E-state index is 11.1. The molecule has 0 aliphatic carbocycles. The molecule has 0 heterocycles. The first-order chi connectivity index (χ1) is 8.77. The van der Waals surface area contributed by atoms with Crippen molar-refractivity contribution >= 4 is 5.78 Å². The van der Waals surface area contributed by atoms with Crippen LogP contribution in [0.25, 0.3) is 0 Å². The van der Waals surface area contributed by atoms with E-state index in [4.69, 9.17) is 0 Å². The van der Waals surface area contributed by atoms with Crippen LogP contribution in [0.3, 0.4) is 0 Å². The first-order valence-electron chi connectivity index (χ1n) is 5.94. The second-order valence-corrected chi connectivity index (χ2v) is 4.09. The van der Waals surface area contributed by atoms with Crippen molar-refractivity contribution in [3.8, 4) is 0 Å². The lowest BCUT2D eigenvalue weighted by Gasteiger charge is -2.16. The van der Waals surface area contributed by atoms with Crippen molar-refractivity contribution in [3.63, 3.8) is 0 Å². The van der Waals surface area contributed by atoms with Gasteiger partial charge in [0, 0.05) is 12.3 Å². The van der Waals surface area contributed by atoms with Gasteiger partial charge in [-0.2, -0.15) is 0 Å². The Hall–Kier alpha value is -1.89. The van der Waals surface area contributed by atoms with Crippen LogP contribution in [0.1, 0.15) is 18.1 Å². The molecule has 0 spiro atoms. The predicted octanol–water partition coefficient (Wildman–Crippen LogP) is 3.66. The highest BCUT2D eigenvalue weighted by Gasteiger charge is 2.15. The number of hydrogen-bond donors (Lipinski definition) is 0. The van der Waals surface area contributed by atoms with Gasteiger partial charge in [-0.1, -0.05) is 60.7 Å². The van der Waals surface area contributed by atoms with Crippen LogP contribution in [0.4, 0.5) is 0 Å². The minimum Gasteiger partial charge on any atom is -0.300 e. The van der Waals surface area contributed by atoms with Crippen LogP contribution >= 0.6 is 0 Å². The van der Waals surface area contributed by atoms with Crippen LogP contribution in [0.2, 0.25) is 0 Å². The Balaban J connectivity index is 2.26. The van der Waals surface area contributed by atoms with E-state index in [9.17, 15) is 4.79 Å². The van der Waals surface area contributed by atoms with E-state index in [0.717, 1.165) is 17.0 Å². The van der Waals surface area contributed by atoms with Gasteiger partial charge in [-0.3, -0.25) is 4.79 Å². The van der Waals surface area contributed by atoms with Crippen LogP contribution in [0, 0.1) is 18.8 Å². The van der Waals surface area contributed by atoms with Gasteiger partial charge in [0.2, 0.25) is 0 Å². The summed E-state index contributed by atoms with van der Waals surface area (Å²) >= 11 is 0. The highest BCUT2D eigenvalue weighted by atomic mass is 16.1. The van der Waals surface area contributed by atoms with Gasteiger partial charge in [-0.25, -0.2) is 0 Å². The highest BCUT2D eigenvalue weighted by molar-refractivity contribution is 5.87. The molecule has 1 heteroatoms. The van der Waals surface area contributed by atoms with Gasteiger partial charge < -0.3 is 0 Å². The lowest BCUT2D eigenvalue weighted by Crippen LogP contribution is -2.06. The van der Waals surface area contributed by atoms with E-state index < -0.39 is 0 Å². The minimum absolute atomic E-state index is 0.0550. The topological polar surface area (TPSA) is 17.1 Å². The van der Waals surface area contributed by atoms with E-state index in [1.54, 1.807) is 13.3 Å². The van der Waals surface area contributed by atoms with Crippen molar-refractivity contribution in [2.75, 3.05) is 0 Å². The van der Waals surface area contributed by atoms with Crippen molar-refractivity contribution in [1.82, 2.24) is 0 Å². The number of carbonyl (C=O) groups excluding carboxylic acids is 1. The Morgan fingerprint density at radius 2 is 1.22 bits per heavy atom. The standard InChI is InChI=1S/C17H15O/c1-14(18)12-13-17(15-8-4-2-5-9-15)16-10-6-3-7-11-16/h2-13H,1H3. The largest absolute Gasteiger partial charge is 0.300 e. The van der Waals surface area contributed by atoms with Gasteiger partial charge >= 0.3 is 0 Å². The van der Waals surface area contributed by atoms with Crippen molar-refractivity contribution in [2.45, 2.75) is 6.92 Å². The summed E-state index contributed by atoms with van der Waals surface area (Å²) in [4.78, 5) is 11.1. The molecule has 18 heavy (non-hydrogen) atoms. The molecule has 0 amide bonds. The van der Waals surface area contributed by atoms with Gasteiger partial charge in [0.15, 0.2) is 0 Å². The molecule has 1 nitrogen and oxygen atoms in total. The number of hydrogen-bond acceptors (Lipinski definition) is 1. The molecule has 0 aliphatic rings. The first-order valence-corrected chi connectivity index (χ1v) is 5.94. The van der Waals surface area contributed by atoms with Crippen LogP contribution in [0.5, 0.6) is 0 Å². The first kappa shape index (κ1) is 12.6. The maximum atomic E-state index is 11.1. The molecule has 0 unspecified atom stereocenters. The van der Waals surface area contributed by atoms with Crippen molar-refractivity contribution < 1.29 is 4.79 Å². The Labute approximate surface area is 108 Å². The Morgan fingerprint density at radius 3 is 1.61 bits per heavy atom. The van der Waals surface area contributed by atoms with Gasteiger partial charge in [-0.05, 0) is 24.5 Å². The number of benzene rings is 2. The molecule has 0 saturated heterocycles. The molecule has 89 valence electrons. The van der Waals surface area contributed by atoms with E-state index in [1.807, 2.05) is 67.1 Å².